The molecule has 2 rings (SSSR count). The molecule has 0 aliphatic heterocycles. The van der Waals surface area contributed by atoms with Crippen molar-refractivity contribution in [1.29, 1.82) is 0 Å². The van der Waals surface area contributed by atoms with Gasteiger partial charge in [-0.3, -0.25) is 14.8 Å². The molecule has 0 saturated heterocycles. The summed E-state index contributed by atoms with van der Waals surface area (Å²) in [5.41, 5.74) is 1.96. The van der Waals surface area contributed by atoms with Gasteiger partial charge in [0.15, 0.2) is 0 Å². The zero-order chi connectivity index (χ0) is 25.9. The molecule has 34 heavy (non-hydrogen) atoms. The highest BCUT2D eigenvalue weighted by Crippen LogP contribution is 2.18. The predicted octanol–water partition coefficient (Wildman–Crippen LogP) is 2.72. The third-order valence-electron chi connectivity index (χ3n) is 4.53. The molecule has 0 bridgehead atoms. The highest BCUT2D eigenvalue weighted by molar-refractivity contribution is 7.92. The maximum atomic E-state index is 11.0. The molecule has 5 N–H and O–H groups in total. The van der Waals surface area contributed by atoms with E-state index in [1.165, 1.54) is 12.1 Å². The minimum atomic E-state index is -3.26. The van der Waals surface area contributed by atoms with Gasteiger partial charge in [-0.15, -0.1) is 0 Å². The molecule has 2 aromatic carbocycles. The molecule has 0 aliphatic carbocycles. The van der Waals surface area contributed by atoms with Crippen molar-refractivity contribution in [1.82, 2.24) is 10.6 Å². The fraction of sp³-hybridized carbons (Fsp3) is 0.478. The number of sulfonamides is 1. The van der Waals surface area contributed by atoms with Crippen LogP contribution in [-0.4, -0.2) is 55.0 Å². The van der Waals surface area contributed by atoms with E-state index in [2.05, 4.69) is 15.4 Å². The molecule has 0 saturated carbocycles. The Labute approximate surface area is 201 Å². The van der Waals surface area contributed by atoms with Gasteiger partial charge < -0.3 is 20.8 Å². The Hall–Kier alpha value is -2.57. The van der Waals surface area contributed by atoms with Gasteiger partial charge in [0.25, 0.3) is 5.69 Å². The number of non-ortho nitro benzene ring substituents is 1. The third-order valence-corrected chi connectivity index (χ3v) is 5.13. The Morgan fingerprint density at radius 1 is 0.824 bits per heavy atom. The number of nitrogens with one attached hydrogen (secondary N) is 3. The minimum absolute atomic E-state index is 0.0350. The van der Waals surface area contributed by atoms with Gasteiger partial charge in [0.1, 0.15) is 0 Å². The second kappa shape index (κ2) is 14.0. The Morgan fingerprint density at radius 2 is 1.21 bits per heavy atom. The van der Waals surface area contributed by atoms with Gasteiger partial charge in [0.05, 0.1) is 23.4 Å². The Bertz CT molecular complexity index is 980. The van der Waals surface area contributed by atoms with Crippen molar-refractivity contribution in [2.24, 2.45) is 0 Å². The summed E-state index contributed by atoms with van der Waals surface area (Å²) in [6.07, 6.45) is -0.134. The lowest BCUT2D eigenvalue weighted by molar-refractivity contribution is -0.384. The molecule has 0 aliphatic rings. The zero-order valence-corrected chi connectivity index (χ0v) is 21.0. The molecule has 0 amide bonds. The van der Waals surface area contributed by atoms with Crippen molar-refractivity contribution < 1.29 is 23.6 Å². The largest absolute Gasteiger partial charge is 0.387 e. The van der Waals surface area contributed by atoms with Gasteiger partial charge in [-0.1, -0.05) is 39.8 Å². The smallest absolute Gasteiger partial charge is 0.269 e. The quantitative estimate of drug-likeness (QED) is 0.235. The van der Waals surface area contributed by atoms with E-state index in [-0.39, 0.29) is 5.69 Å². The van der Waals surface area contributed by atoms with Crippen LogP contribution in [0, 0.1) is 10.1 Å². The lowest BCUT2D eigenvalue weighted by Crippen LogP contribution is -2.27. The van der Waals surface area contributed by atoms with E-state index >= 15 is 0 Å². The van der Waals surface area contributed by atoms with E-state index in [0.717, 1.165) is 11.8 Å². The second-order valence-corrected chi connectivity index (χ2v) is 10.3. The predicted molar refractivity (Wildman–Crippen MR) is 134 cm³/mol. The van der Waals surface area contributed by atoms with Crippen molar-refractivity contribution in [3.8, 4) is 0 Å². The number of rotatable bonds is 11. The van der Waals surface area contributed by atoms with Gasteiger partial charge >= 0.3 is 0 Å². The van der Waals surface area contributed by atoms with Gasteiger partial charge in [-0.2, -0.15) is 0 Å². The highest BCUT2D eigenvalue weighted by atomic mass is 32.2. The summed E-state index contributed by atoms with van der Waals surface area (Å²) >= 11 is 0. The van der Waals surface area contributed by atoms with Crippen molar-refractivity contribution in [3.05, 3.63) is 69.8 Å². The molecular weight excluding hydrogens is 460 g/mol. The third kappa shape index (κ3) is 12.1. The molecule has 0 fully saturated rings. The van der Waals surface area contributed by atoms with Crippen molar-refractivity contribution in [2.45, 2.75) is 52.0 Å². The molecule has 0 radical (unpaired) electrons. The monoisotopic (exact) mass is 496 g/mol. The Balaban J connectivity index is 0.000000342. The first-order valence-corrected chi connectivity index (χ1v) is 12.8. The number of benzene rings is 2. The Kier molecular flexibility index (Phi) is 12.1. The molecule has 2 aromatic rings. The number of nitrogens with zero attached hydrogens (tertiary/aromatic N) is 1. The molecule has 11 heteroatoms. The van der Waals surface area contributed by atoms with E-state index in [1.54, 1.807) is 36.4 Å². The van der Waals surface area contributed by atoms with Gasteiger partial charge in [-0.25, -0.2) is 8.42 Å². The zero-order valence-electron chi connectivity index (χ0n) is 20.2. The fourth-order valence-corrected chi connectivity index (χ4v) is 3.30. The second-order valence-electron chi connectivity index (χ2n) is 8.50. The first kappa shape index (κ1) is 29.5. The average Bonchev–Trinajstić information content (AvgIpc) is 2.75. The van der Waals surface area contributed by atoms with Crippen LogP contribution in [0.15, 0.2) is 48.5 Å². The van der Waals surface area contributed by atoms with Gasteiger partial charge in [0.2, 0.25) is 10.0 Å². The number of nitro benzene ring substituents is 1. The average molecular weight is 497 g/mol. The van der Waals surface area contributed by atoms with Crippen LogP contribution < -0.4 is 15.4 Å². The molecule has 2 unspecified atom stereocenters. The summed E-state index contributed by atoms with van der Waals surface area (Å²) in [7, 11) is -3.26. The Morgan fingerprint density at radius 3 is 1.53 bits per heavy atom. The van der Waals surface area contributed by atoms with Crippen LogP contribution in [0.5, 0.6) is 0 Å². The van der Waals surface area contributed by atoms with Crippen LogP contribution >= 0.6 is 0 Å². The first-order chi connectivity index (χ1) is 15.8. The van der Waals surface area contributed by atoms with E-state index in [9.17, 15) is 28.7 Å². The van der Waals surface area contributed by atoms with Crippen molar-refractivity contribution >= 4 is 21.4 Å². The minimum Gasteiger partial charge on any atom is -0.387 e. The molecular formula is C23H36N4O6S. The molecule has 2 atom stereocenters. The lowest BCUT2D eigenvalue weighted by atomic mass is 10.1. The summed E-state index contributed by atoms with van der Waals surface area (Å²) in [6, 6.07) is 13.2. The molecule has 0 spiro atoms. The number of aliphatic hydroxyl groups is 2. The summed E-state index contributed by atoms with van der Waals surface area (Å²) in [4.78, 5) is 9.97. The van der Waals surface area contributed by atoms with Crippen LogP contribution in [0.4, 0.5) is 11.4 Å². The van der Waals surface area contributed by atoms with E-state index < -0.39 is 27.2 Å². The lowest BCUT2D eigenvalue weighted by Gasteiger charge is -2.14. The van der Waals surface area contributed by atoms with E-state index in [1.807, 2.05) is 27.7 Å². The molecule has 190 valence electrons. The van der Waals surface area contributed by atoms with Crippen LogP contribution in [0.1, 0.15) is 51.0 Å². The van der Waals surface area contributed by atoms with Crippen molar-refractivity contribution in [3.63, 3.8) is 0 Å². The maximum Gasteiger partial charge on any atom is 0.269 e. The maximum absolute atomic E-state index is 11.0. The number of anilines is 1. The van der Waals surface area contributed by atoms with E-state index in [4.69, 9.17) is 0 Å². The van der Waals surface area contributed by atoms with Crippen molar-refractivity contribution in [2.75, 3.05) is 24.1 Å². The normalized spacial score (nSPS) is 13.2. The summed E-state index contributed by atoms with van der Waals surface area (Å²) in [5.74, 6) is 0. The fourth-order valence-electron chi connectivity index (χ4n) is 2.74. The standard InChI is InChI=1S/C12H20N2O3S.C11H16N2O3/c1-9(2)13-8-12(15)10-4-6-11(7-5-10)14-18(3,16)17;1-8(2)12-7-11(14)9-3-5-10(6-4-9)13(15)16/h4-7,9,12-15H,8H2,1-3H3;3-6,8,11-12,14H,7H2,1-2H3. The first-order valence-electron chi connectivity index (χ1n) is 10.9. The SMILES string of the molecule is CC(C)NCC(O)c1ccc(NS(C)(=O)=O)cc1.CC(C)NCC(O)c1ccc([N+](=O)[O-])cc1. The summed E-state index contributed by atoms with van der Waals surface area (Å²) < 4.78 is 24.4. The van der Waals surface area contributed by atoms with Crippen LogP contribution in [0.3, 0.4) is 0 Å². The summed E-state index contributed by atoms with van der Waals surface area (Å²) in [5, 5.41) is 36.3. The molecule has 10 nitrogen and oxygen atoms in total. The number of hydrogen-bond donors (Lipinski definition) is 5. The molecule has 0 aromatic heterocycles. The number of aliphatic hydroxyl groups excluding tert-OH is 2. The van der Waals surface area contributed by atoms with Crippen LogP contribution in [-0.2, 0) is 10.0 Å². The summed E-state index contributed by atoms with van der Waals surface area (Å²) in [6.45, 7) is 8.90. The van der Waals surface area contributed by atoms with E-state index in [0.29, 0.717) is 36.4 Å². The van der Waals surface area contributed by atoms with Gasteiger partial charge in [0, 0.05) is 43.0 Å². The highest BCUT2D eigenvalue weighted by Gasteiger charge is 2.11. The molecule has 0 heterocycles. The number of hydrogen-bond acceptors (Lipinski definition) is 8. The van der Waals surface area contributed by atoms with Gasteiger partial charge in [-0.05, 0) is 35.4 Å². The van der Waals surface area contributed by atoms with Crippen LogP contribution in [0.25, 0.3) is 0 Å². The topological polar surface area (TPSA) is 154 Å². The number of nitro groups is 1. The van der Waals surface area contributed by atoms with Crippen LogP contribution in [0.2, 0.25) is 0 Å².